The van der Waals surface area contributed by atoms with E-state index >= 15 is 0 Å². The highest BCUT2D eigenvalue weighted by Gasteiger charge is 2.20. The average Bonchev–Trinajstić information content (AvgIpc) is 2.48. The second-order valence-electron chi connectivity index (χ2n) is 4.68. The molecule has 3 rings (SSSR count). The van der Waals surface area contributed by atoms with Gasteiger partial charge in [-0.2, -0.15) is 4.98 Å². The molecule has 1 aromatic heterocycles. The van der Waals surface area contributed by atoms with Crippen molar-refractivity contribution < 1.29 is 4.74 Å². The standard InChI is InChI=1S/C14H15BrN4O/c1-20-13-11(15)7-17-14(18-13)19-6-5-9-3-2-4-12(16)10(9)8-19/h2-4,7H,5-6,8,16H2,1H3. The summed E-state index contributed by atoms with van der Waals surface area (Å²) in [7, 11) is 1.60. The molecule has 104 valence electrons. The van der Waals surface area contributed by atoms with Crippen LogP contribution in [0.3, 0.4) is 0 Å². The largest absolute Gasteiger partial charge is 0.480 e. The summed E-state index contributed by atoms with van der Waals surface area (Å²) >= 11 is 3.36. The van der Waals surface area contributed by atoms with Gasteiger partial charge in [-0.1, -0.05) is 12.1 Å². The molecule has 6 heteroatoms. The van der Waals surface area contributed by atoms with Crippen LogP contribution in [0.15, 0.2) is 28.9 Å². The molecule has 2 N–H and O–H groups in total. The van der Waals surface area contributed by atoms with Crippen LogP contribution in [-0.4, -0.2) is 23.6 Å². The molecule has 0 unspecified atom stereocenters. The number of nitrogens with two attached hydrogens (primary N) is 1. The van der Waals surface area contributed by atoms with Gasteiger partial charge in [-0.3, -0.25) is 0 Å². The Hall–Kier alpha value is -1.82. The van der Waals surface area contributed by atoms with E-state index in [-0.39, 0.29) is 0 Å². The van der Waals surface area contributed by atoms with E-state index in [1.54, 1.807) is 13.3 Å². The third kappa shape index (κ3) is 2.31. The van der Waals surface area contributed by atoms with Crippen LogP contribution in [-0.2, 0) is 13.0 Å². The Morgan fingerprint density at radius 2 is 2.25 bits per heavy atom. The first-order chi connectivity index (χ1) is 9.69. The van der Waals surface area contributed by atoms with Crippen molar-refractivity contribution in [3.05, 3.63) is 40.0 Å². The summed E-state index contributed by atoms with van der Waals surface area (Å²) in [4.78, 5) is 10.9. The fourth-order valence-electron chi connectivity index (χ4n) is 2.42. The zero-order chi connectivity index (χ0) is 14.1. The molecule has 5 nitrogen and oxygen atoms in total. The first-order valence-corrected chi connectivity index (χ1v) is 7.16. The second kappa shape index (κ2) is 5.28. The van der Waals surface area contributed by atoms with Gasteiger partial charge in [0.25, 0.3) is 0 Å². The molecule has 0 fully saturated rings. The molecule has 2 heterocycles. The first-order valence-electron chi connectivity index (χ1n) is 6.36. The zero-order valence-electron chi connectivity index (χ0n) is 11.1. The Bertz CT molecular complexity index is 647. The van der Waals surface area contributed by atoms with Crippen molar-refractivity contribution >= 4 is 27.6 Å². The minimum Gasteiger partial charge on any atom is -0.480 e. The highest BCUT2D eigenvalue weighted by molar-refractivity contribution is 9.10. The molecule has 0 saturated carbocycles. The summed E-state index contributed by atoms with van der Waals surface area (Å²) in [5, 5.41) is 0. The maximum absolute atomic E-state index is 6.06. The summed E-state index contributed by atoms with van der Waals surface area (Å²) in [5.74, 6) is 1.21. The van der Waals surface area contributed by atoms with Crippen LogP contribution in [0.25, 0.3) is 0 Å². The van der Waals surface area contributed by atoms with Crippen molar-refractivity contribution in [2.45, 2.75) is 13.0 Å². The normalized spacial score (nSPS) is 14.0. The van der Waals surface area contributed by atoms with Crippen molar-refractivity contribution in [2.24, 2.45) is 0 Å². The van der Waals surface area contributed by atoms with E-state index in [1.807, 2.05) is 12.1 Å². The van der Waals surface area contributed by atoms with E-state index in [0.29, 0.717) is 11.8 Å². The third-order valence-electron chi connectivity index (χ3n) is 3.48. The fraction of sp³-hybridized carbons (Fsp3) is 0.286. The number of nitrogens with zero attached hydrogens (tertiary/aromatic N) is 3. The van der Waals surface area contributed by atoms with Crippen LogP contribution in [0, 0.1) is 0 Å². The monoisotopic (exact) mass is 334 g/mol. The van der Waals surface area contributed by atoms with Gasteiger partial charge in [0.1, 0.15) is 0 Å². The van der Waals surface area contributed by atoms with E-state index < -0.39 is 0 Å². The molecule has 1 aromatic carbocycles. The lowest BCUT2D eigenvalue weighted by atomic mass is 9.98. The summed E-state index contributed by atoms with van der Waals surface area (Å²) in [5.41, 5.74) is 9.37. The molecule has 1 aliphatic heterocycles. The fourth-order valence-corrected chi connectivity index (χ4v) is 2.77. The third-order valence-corrected chi connectivity index (χ3v) is 4.03. The predicted octanol–water partition coefficient (Wildman–Crippen LogP) is 2.39. The SMILES string of the molecule is COc1nc(N2CCc3cccc(N)c3C2)ncc1Br. The van der Waals surface area contributed by atoms with Gasteiger partial charge in [0.15, 0.2) is 0 Å². The molecule has 0 amide bonds. The second-order valence-corrected chi connectivity index (χ2v) is 5.54. The minimum atomic E-state index is 0.543. The van der Waals surface area contributed by atoms with Gasteiger partial charge < -0.3 is 15.4 Å². The Labute approximate surface area is 125 Å². The summed E-state index contributed by atoms with van der Waals surface area (Å²) in [6, 6.07) is 6.07. The molecule has 0 saturated heterocycles. The summed E-state index contributed by atoms with van der Waals surface area (Å²) in [6.07, 6.45) is 2.66. The van der Waals surface area contributed by atoms with Gasteiger partial charge in [-0.25, -0.2) is 4.98 Å². The number of hydrogen-bond acceptors (Lipinski definition) is 5. The van der Waals surface area contributed by atoms with E-state index in [4.69, 9.17) is 10.5 Å². The molecule has 20 heavy (non-hydrogen) atoms. The van der Waals surface area contributed by atoms with E-state index in [1.165, 1.54) is 11.1 Å². The maximum Gasteiger partial charge on any atom is 0.232 e. The van der Waals surface area contributed by atoms with Crippen LogP contribution in [0.1, 0.15) is 11.1 Å². The van der Waals surface area contributed by atoms with Crippen LogP contribution in [0.2, 0.25) is 0 Å². The number of nitrogen functional groups attached to an aromatic ring is 1. The van der Waals surface area contributed by atoms with Crippen molar-refractivity contribution in [2.75, 3.05) is 24.3 Å². The smallest absolute Gasteiger partial charge is 0.232 e. The van der Waals surface area contributed by atoms with Gasteiger partial charge in [-0.05, 0) is 39.5 Å². The van der Waals surface area contributed by atoms with Crippen LogP contribution in [0.4, 0.5) is 11.6 Å². The lowest BCUT2D eigenvalue weighted by Crippen LogP contribution is -2.32. The van der Waals surface area contributed by atoms with Gasteiger partial charge in [0.05, 0.1) is 17.8 Å². The number of aromatic nitrogens is 2. The van der Waals surface area contributed by atoms with Crippen molar-refractivity contribution in [1.29, 1.82) is 0 Å². The maximum atomic E-state index is 6.06. The van der Waals surface area contributed by atoms with E-state index in [9.17, 15) is 0 Å². The number of benzene rings is 1. The minimum absolute atomic E-state index is 0.543. The Morgan fingerprint density at radius 3 is 3.05 bits per heavy atom. The quantitative estimate of drug-likeness (QED) is 0.854. The van der Waals surface area contributed by atoms with Gasteiger partial charge in [-0.15, -0.1) is 0 Å². The van der Waals surface area contributed by atoms with Crippen LogP contribution >= 0.6 is 15.9 Å². The average molecular weight is 335 g/mol. The van der Waals surface area contributed by atoms with Crippen molar-refractivity contribution in [3.63, 3.8) is 0 Å². The van der Waals surface area contributed by atoms with Crippen molar-refractivity contribution in [3.8, 4) is 5.88 Å². The molecule has 0 radical (unpaired) electrons. The lowest BCUT2D eigenvalue weighted by molar-refractivity contribution is 0.393. The van der Waals surface area contributed by atoms with Gasteiger partial charge in [0, 0.05) is 18.8 Å². The number of rotatable bonds is 2. The molecule has 0 spiro atoms. The number of fused-ring (bicyclic) bond motifs is 1. The molecule has 1 aliphatic rings. The van der Waals surface area contributed by atoms with Crippen LogP contribution < -0.4 is 15.4 Å². The summed E-state index contributed by atoms with van der Waals surface area (Å²) < 4.78 is 5.97. The van der Waals surface area contributed by atoms with E-state index in [2.05, 4.69) is 36.9 Å². The lowest BCUT2D eigenvalue weighted by Gasteiger charge is -2.29. The summed E-state index contributed by atoms with van der Waals surface area (Å²) in [6.45, 7) is 1.61. The van der Waals surface area contributed by atoms with Crippen molar-refractivity contribution in [1.82, 2.24) is 9.97 Å². The zero-order valence-corrected chi connectivity index (χ0v) is 12.7. The number of hydrogen-bond donors (Lipinski definition) is 1. The number of halogens is 1. The van der Waals surface area contributed by atoms with Gasteiger partial charge in [0.2, 0.25) is 11.8 Å². The number of methoxy groups -OCH3 is 1. The Balaban J connectivity index is 1.92. The first kappa shape index (κ1) is 13.2. The molecule has 2 aromatic rings. The number of ether oxygens (including phenoxy) is 1. The highest BCUT2D eigenvalue weighted by Crippen LogP contribution is 2.28. The topological polar surface area (TPSA) is 64.3 Å². The molecular formula is C14H15BrN4O. The van der Waals surface area contributed by atoms with Crippen LogP contribution in [0.5, 0.6) is 5.88 Å². The number of anilines is 2. The molecule has 0 atom stereocenters. The molecule has 0 bridgehead atoms. The predicted molar refractivity (Wildman–Crippen MR) is 81.9 cm³/mol. The molecule has 0 aliphatic carbocycles. The molecular weight excluding hydrogens is 320 g/mol. The Kier molecular flexibility index (Phi) is 3.48. The highest BCUT2D eigenvalue weighted by atomic mass is 79.9. The van der Waals surface area contributed by atoms with Gasteiger partial charge >= 0.3 is 0 Å². The van der Waals surface area contributed by atoms with E-state index in [0.717, 1.165) is 29.7 Å². The Morgan fingerprint density at radius 1 is 1.40 bits per heavy atom.